The van der Waals surface area contributed by atoms with E-state index in [2.05, 4.69) is 25.6 Å². The molecule has 2 aromatic carbocycles. The number of carbonyl (C=O) groups is 1. The fourth-order valence-corrected chi connectivity index (χ4v) is 3.72. The lowest BCUT2D eigenvalue weighted by atomic mass is 10.2. The molecule has 4 rings (SSSR count). The molecule has 3 N–H and O–H groups in total. The lowest BCUT2D eigenvalue weighted by Crippen LogP contribution is -2.05. The van der Waals surface area contributed by atoms with Gasteiger partial charge in [-0.2, -0.15) is 0 Å². The third kappa shape index (κ3) is 3.86. The van der Waals surface area contributed by atoms with Crippen molar-refractivity contribution in [2.75, 3.05) is 10.6 Å². The summed E-state index contributed by atoms with van der Waals surface area (Å²) in [6.45, 7) is 1.97. The summed E-state index contributed by atoms with van der Waals surface area (Å²) in [5.41, 5.74) is 2.07. The van der Waals surface area contributed by atoms with Crippen molar-refractivity contribution in [1.29, 1.82) is 0 Å². The number of anilines is 4. The number of carboxylic acid groups (broad SMARTS) is 1. The molecule has 2 heterocycles. The second kappa shape index (κ2) is 7.72. The Kier molecular flexibility index (Phi) is 4.94. The molecule has 0 atom stereocenters. The van der Waals surface area contributed by atoms with Crippen molar-refractivity contribution >= 4 is 55.7 Å². The molecule has 30 heavy (non-hydrogen) atoms. The normalized spacial score (nSPS) is 10.7. The van der Waals surface area contributed by atoms with Crippen molar-refractivity contribution in [3.8, 4) is 0 Å². The van der Waals surface area contributed by atoms with Gasteiger partial charge in [-0.25, -0.2) is 19.7 Å². The Morgan fingerprint density at radius 1 is 1.10 bits per heavy atom. The van der Waals surface area contributed by atoms with Crippen LogP contribution in [0.5, 0.6) is 0 Å². The first-order valence-electron chi connectivity index (χ1n) is 8.64. The Balaban J connectivity index is 1.66. The molecule has 0 unspecified atom stereocenters. The van der Waals surface area contributed by atoms with Crippen molar-refractivity contribution in [3.05, 3.63) is 70.0 Å². The first-order chi connectivity index (χ1) is 14.4. The molecule has 4 aromatic rings. The van der Waals surface area contributed by atoms with Crippen LogP contribution in [0.4, 0.5) is 28.1 Å². The molecule has 150 valence electrons. The molecular formula is C19H14N6O4S. The van der Waals surface area contributed by atoms with E-state index in [1.807, 2.05) is 25.1 Å². The first kappa shape index (κ1) is 19.2. The maximum Gasteiger partial charge on any atom is 0.353 e. The number of hydrogen-bond donors (Lipinski definition) is 3. The van der Waals surface area contributed by atoms with Crippen molar-refractivity contribution < 1.29 is 14.8 Å². The van der Waals surface area contributed by atoms with Gasteiger partial charge in [0.15, 0.2) is 5.13 Å². The number of hydrogen-bond acceptors (Lipinski definition) is 9. The van der Waals surface area contributed by atoms with E-state index < -0.39 is 10.9 Å². The number of fused-ring (bicyclic) bond motifs is 1. The lowest BCUT2D eigenvalue weighted by molar-refractivity contribution is -0.383. The van der Waals surface area contributed by atoms with Crippen molar-refractivity contribution in [2.45, 2.75) is 6.92 Å². The highest BCUT2D eigenvalue weighted by molar-refractivity contribution is 7.22. The molecular weight excluding hydrogens is 408 g/mol. The van der Waals surface area contributed by atoms with Crippen LogP contribution in [-0.4, -0.2) is 31.0 Å². The van der Waals surface area contributed by atoms with Gasteiger partial charge < -0.3 is 15.7 Å². The van der Waals surface area contributed by atoms with Gasteiger partial charge in [-0.3, -0.25) is 10.1 Å². The van der Waals surface area contributed by atoms with Gasteiger partial charge in [0.2, 0.25) is 11.6 Å². The molecule has 0 aliphatic rings. The number of carboxylic acids is 1. The van der Waals surface area contributed by atoms with E-state index in [9.17, 15) is 14.9 Å². The number of aryl methyl sites for hydroxylation is 1. The second-order valence-corrected chi connectivity index (χ2v) is 7.33. The zero-order valence-corrected chi connectivity index (χ0v) is 16.3. The first-order valence-corrected chi connectivity index (χ1v) is 9.46. The Bertz CT molecular complexity index is 1270. The minimum atomic E-state index is -1.06. The van der Waals surface area contributed by atoms with Crippen LogP contribution in [-0.2, 0) is 0 Å². The quantitative estimate of drug-likeness (QED) is 0.302. The van der Waals surface area contributed by atoms with Crippen LogP contribution < -0.4 is 10.6 Å². The summed E-state index contributed by atoms with van der Waals surface area (Å²) in [7, 11) is 0. The van der Waals surface area contributed by atoms with E-state index in [4.69, 9.17) is 5.11 Å². The maximum absolute atomic E-state index is 11.7. The fourth-order valence-electron chi connectivity index (χ4n) is 2.75. The highest BCUT2D eigenvalue weighted by Crippen LogP contribution is 2.35. The van der Waals surface area contributed by atoms with Gasteiger partial charge >= 0.3 is 11.7 Å². The number of thiazole rings is 1. The van der Waals surface area contributed by atoms with Crippen LogP contribution in [0.2, 0.25) is 0 Å². The summed E-state index contributed by atoms with van der Waals surface area (Å²) in [4.78, 5) is 34.5. The van der Waals surface area contributed by atoms with Gasteiger partial charge in [-0.05, 0) is 48.9 Å². The lowest BCUT2D eigenvalue weighted by Gasteiger charge is -2.09. The van der Waals surface area contributed by atoms with Gasteiger partial charge in [-0.15, -0.1) is 0 Å². The fraction of sp³-hybridized carbons (Fsp3) is 0.0526. The summed E-state index contributed by atoms with van der Waals surface area (Å²) in [5.74, 6) is -1.10. The topological polar surface area (TPSA) is 143 Å². The molecule has 0 radical (unpaired) electrons. The van der Waals surface area contributed by atoms with Crippen molar-refractivity contribution in [2.24, 2.45) is 0 Å². The van der Waals surface area contributed by atoms with Crippen molar-refractivity contribution in [3.63, 3.8) is 0 Å². The van der Waals surface area contributed by atoms with Crippen molar-refractivity contribution in [1.82, 2.24) is 15.0 Å². The summed E-state index contributed by atoms with van der Waals surface area (Å²) < 4.78 is 0.950. The van der Waals surface area contributed by atoms with E-state index in [1.54, 1.807) is 0 Å². The predicted octanol–water partition coefficient (Wildman–Crippen LogP) is 4.49. The van der Waals surface area contributed by atoms with Gasteiger partial charge in [0.1, 0.15) is 6.33 Å². The van der Waals surface area contributed by atoms with E-state index in [0.717, 1.165) is 15.8 Å². The number of benzene rings is 2. The maximum atomic E-state index is 11.7. The molecule has 0 saturated carbocycles. The van der Waals surface area contributed by atoms with Gasteiger partial charge in [0.05, 0.1) is 20.7 Å². The third-order valence-electron chi connectivity index (χ3n) is 4.17. The molecule has 10 nitrogen and oxygen atoms in total. The number of aromatic carboxylic acids is 1. The largest absolute Gasteiger partial charge is 0.478 e. The number of nitrogens with one attached hydrogen (secondary N) is 2. The summed E-state index contributed by atoms with van der Waals surface area (Å²) in [5, 5.41) is 26.9. The number of aromatic nitrogens is 3. The number of nitrogens with zero attached hydrogens (tertiary/aromatic N) is 4. The van der Waals surface area contributed by atoms with Gasteiger partial charge in [-0.1, -0.05) is 17.4 Å². The predicted molar refractivity (Wildman–Crippen MR) is 113 cm³/mol. The molecule has 0 bridgehead atoms. The highest BCUT2D eigenvalue weighted by atomic mass is 32.1. The highest BCUT2D eigenvalue weighted by Gasteiger charge is 2.24. The Morgan fingerprint density at radius 2 is 1.80 bits per heavy atom. The Hall–Kier alpha value is -4.12. The van der Waals surface area contributed by atoms with Gasteiger partial charge in [0, 0.05) is 5.69 Å². The van der Waals surface area contributed by atoms with E-state index in [-0.39, 0.29) is 22.9 Å². The minimum Gasteiger partial charge on any atom is -0.478 e. The van der Waals surface area contributed by atoms with E-state index >= 15 is 0 Å². The Labute approximate surface area is 173 Å². The summed E-state index contributed by atoms with van der Waals surface area (Å²) in [6, 6.07) is 11.6. The number of rotatable bonds is 6. The Morgan fingerprint density at radius 3 is 2.47 bits per heavy atom. The summed E-state index contributed by atoms with van der Waals surface area (Å²) >= 11 is 1.36. The molecule has 0 amide bonds. The molecule has 0 saturated heterocycles. The van der Waals surface area contributed by atoms with Gasteiger partial charge in [0.25, 0.3) is 0 Å². The van der Waals surface area contributed by atoms with Crippen LogP contribution in [0, 0.1) is 17.0 Å². The number of nitro groups is 1. The average molecular weight is 422 g/mol. The van der Waals surface area contributed by atoms with E-state index in [1.165, 1.54) is 41.9 Å². The van der Waals surface area contributed by atoms with Crippen LogP contribution >= 0.6 is 11.3 Å². The average Bonchev–Trinajstić information content (AvgIpc) is 3.09. The van der Waals surface area contributed by atoms with Crippen LogP contribution in [0.1, 0.15) is 15.9 Å². The van der Waals surface area contributed by atoms with Crippen LogP contribution in [0.15, 0.2) is 48.8 Å². The summed E-state index contributed by atoms with van der Waals surface area (Å²) in [6.07, 6.45) is 1.20. The SMILES string of the molecule is Cc1ccc2nc(Nc3ncnc(Nc4ccc(C(=O)O)cc4)c3[N+](=O)[O-])sc2c1. The molecule has 0 spiro atoms. The zero-order chi connectivity index (χ0) is 21.3. The standard InChI is InChI=1S/C19H14N6O4S/c1-10-2-7-13-14(8-10)30-19(23-13)24-17-15(25(28)29)16(20-9-21-17)22-12-5-3-11(4-6-12)18(26)27/h2-9H,1H3,(H,26,27)(H2,20,21,22,23,24). The zero-order valence-electron chi connectivity index (χ0n) is 15.5. The van der Waals surface area contributed by atoms with Crippen LogP contribution in [0.3, 0.4) is 0 Å². The monoisotopic (exact) mass is 422 g/mol. The minimum absolute atomic E-state index is 0.00423. The third-order valence-corrected chi connectivity index (χ3v) is 5.10. The second-order valence-electron chi connectivity index (χ2n) is 6.30. The molecule has 2 aromatic heterocycles. The molecule has 0 fully saturated rings. The van der Waals surface area contributed by atoms with Crippen LogP contribution in [0.25, 0.3) is 10.2 Å². The van der Waals surface area contributed by atoms with E-state index in [0.29, 0.717) is 10.8 Å². The molecule has 11 heteroatoms. The molecule has 0 aliphatic heterocycles. The smallest absolute Gasteiger partial charge is 0.353 e. The molecule has 0 aliphatic carbocycles.